The first kappa shape index (κ1) is 14.2. The van der Waals surface area contributed by atoms with Crippen molar-refractivity contribution in [3.05, 3.63) is 53.3 Å². The van der Waals surface area contributed by atoms with Gasteiger partial charge in [-0.25, -0.2) is 0 Å². The van der Waals surface area contributed by atoms with E-state index in [0.717, 1.165) is 26.9 Å². The normalized spacial score (nSPS) is 12.3. The van der Waals surface area contributed by atoms with Crippen LogP contribution in [0.5, 0.6) is 0 Å². The number of halogens is 1. The highest BCUT2D eigenvalue weighted by molar-refractivity contribution is 7.99. The van der Waals surface area contributed by atoms with Crippen LogP contribution in [0.1, 0.15) is 11.6 Å². The minimum Gasteiger partial charge on any atom is -0.398 e. The van der Waals surface area contributed by atoms with Crippen molar-refractivity contribution in [2.24, 2.45) is 0 Å². The van der Waals surface area contributed by atoms with Crippen LogP contribution in [0.15, 0.2) is 47.6 Å². The summed E-state index contributed by atoms with van der Waals surface area (Å²) in [6.45, 7) is 0. The van der Waals surface area contributed by atoms with Gasteiger partial charge < -0.3 is 11.1 Å². The molecule has 0 fully saturated rings. The quantitative estimate of drug-likeness (QED) is 0.830. The zero-order chi connectivity index (χ0) is 13.7. The summed E-state index contributed by atoms with van der Waals surface area (Å²) in [5, 5.41) is 4.03. The number of nitrogen functional groups attached to an aromatic ring is 1. The fourth-order valence-corrected chi connectivity index (χ4v) is 3.12. The molecule has 0 aliphatic carbocycles. The Morgan fingerprint density at radius 2 is 2.26 bits per heavy atom. The smallest absolute Gasteiger partial charge is 0.0448 e. The summed E-state index contributed by atoms with van der Waals surface area (Å²) in [6, 6.07) is 9.83. The molecule has 0 aliphatic rings. The number of hydrogen-bond donors (Lipinski definition) is 2. The minimum absolute atomic E-state index is 0.165. The fraction of sp³-hybridized carbons (Fsp3) is 0.214. The number of benzene rings is 1. The van der Waals surface area contributed by atoms with Crippen molar-refractivity contribution in [3.63, 3.8) is 0 Å². The topological polar surface area (TPSA) is 50.9 Å². The molecule has 0 aliphatic heterocycles. The molecule has 1 unspecified atom stereocenters. The van der Waals surface area contributed by atoms with Gasteiger partial charge in [0.05, 0.1) is 0 Å². The molecule has 0 saturated carbocycles. The lowest BCUT2D eigenvalue weighted by atomic mass is 10.1. The summed E-state index contributed by atoms with van der Waals surface area (Å²) < 4.78 is 0. The van der Waals surface area contributed by atoms with Crippen molar-refractivity contribution in [1.29, 1.82) is 0 Å². The Kier molecular flexibility index (Phi) is 5.07. The maximum Gasteiger partial charge on any atom is 0.0448 e. The van der Waals surface area contributed by atoms with Crippen molar-refractivity contribution in [3.8, 4) is 0 Å². The van der Waals surface area contributed by atoms with Gasteiger partial charge in [-0.15, -0.1) is 11.8 Å². The van der Waals surface area contributed by atoms with Gasteiger partial charge >= 0.3 is 0 Å². The third kappa shape index (κ3) is 3.86. The molecule has 3 N–H and O–H groups in total. The molecule has 1 atom stereocenters. The van der Waals surface area contributed by atoms with Crippen LogP contribution in [-0.4, -0.2) is 17.8 Å². The highest BCUT2D eigenvalue weighted by Crippen LogP contribution is 2.28. The zero-order valence-corrected chi connectivity index (χ0v) is 12.2. The Morgan fingerprint density at radius 3 is 2.95 bits per heavy atom. The maximum absolute atomic E-state index is 5.98. The van der Waals surface area contributed by atoms with Crippen molar-refractivity contribution in [2.75, 3.05) is 18.5 Å². The number of nitrogens with two attached hydrogens (primary N) is 1. The molecule has 0 bridgehead atoms. The van der Waals surface area contributed by atoms with E-state index in [0.29, 0.717) is 0 Å². The third-order valence-corrected chi connectivity index (χ3v) is 4.15. The first-order valence-electron chi connectivity index (χ1n) is 5.95. The average Bonchev–Trinajstić information content (AvgIpc) is 2.41. The van der Waals surface area contributed by atoms with Crippen molar-refractivity contribution in [2.45, 2.75) is 10.9 Å². The van der Waals surface area contributed by atoms with E-state index in [-0.39, 0.29) is 6.04 Å². The monoisotopic (exact) mass is 293 g/mol. The molecule has 100 valence electrons. The molecular formula is C14H16ClN3S. The first-order valence-corrected chi connectivity index (χ1v) is 7.32. The van der Waals surface area contributed by atoms with Gasteiger partial charge in [0.15, 0.2) is 0 Å². The number of nitrogens with zero attached hydrogens (tertiary/aromatic N) is 1. The highest BCUT2D eigenvalue weighted by Gasteiger charge is 2.12. The zero-order valence-electron chi connectivity index (χ0n) is 10.6. The van der Waals surface area contributed by atoms with Gasteiger partial charge in [-0.05, 0) is 31.3 Å². The van der Waals surface area contributed by atoms with Crippen LogP contribution in [0.4, 0.5) is 5.69 Å². The molecule has 0 spiro atoms. The molecule has 1 heterocycles. The maximum atomic E-state index is 5.98. The Hall–Kier alpha value is -1.23. The lowest BCUT2D eigenvalue weighted by Gasteiger charge is -2.17. The number of rotatable bonds is 5. The molecule has 3 nitrogen and oxygen atoms in total. The number of hydrogen-bond acceptors (Lipinski definition) is 4. The van der Waals surface area contributed by atoms with Gasteiger partial charge in [-0.3, -0.25) is 4.98 Å². The molecular weight excluding hydrogens is 278 g/mol. The van der Waals surface area contributed by atoms with Gasteiger partial charge in [0, 0.05) is 45.4 Å². The van der Waals surface area contributed by atoms with Crippen LogP contribution < -0.4 is 11.1 Å². The van der Waals surface area contributed by atoms with E-state index in [2.05, 4.69) is 16.4 Å². The van der Waals surface area contributed by atoms with E-state index in [1.54, 1.807) is 18.0 Å². The molecule has 5 heteroatoms. The fourth-order valence-electron chi connectivity index (χ4n) is 1.77. The molecule has 0 radical (unpaired) electrons. The Balaban J connectivity index is 2.06. The molecule has 1 aromatic carbocycles. The highest BCUT2D eigenvalue weighted by atomic mass is 35.5. The van der Waals surface area contributed by atoms with Gasteiger partial charge in [0.1, 0.15) is 0 Å². The number of thioether (sulfide) groups is 1. The second kappa shape index (κ2) is 6.80. The van der Waals surface area contributed by atoms with Crippen LogP contribution in [0.25, 0.3) is 0 Å². The Bertz CT molecular complexity index is 548. The minimum atomic E-state index is 0.165. The molecule has 0 amide bonds. The van der Waals surface area contributed by atoms with E-state index in [1.807, 2.05) is 37.5 Å². The number of aromatic nitrogens is 1. The molecule has 2 aromatic rings. The largest absolute Gasteiger partial charge is 0.398 e. The third-order valence-electron chi connectivity index (χ3n) is 2.82. The molecule has 1 aromatic heterocycles. The van der Waals surface area contributed by atoms with E-state index >= 15 is 0 Å². The van der Waals surface area contributed by atoms with E-state index in [4.69, 9.17) is 17.3 Å². The molecule has 19 heavy (non-hydrogen) atoms. The number of anilines is 1. The number of nitrogens with one attached hydrogen (secondary N) is 1. The summed E-state index contributed by atoms with van der Waals surface area (Å²) in [4.78, 5) is 5.28. The standard InChI is InChI=1S/C14H16ClN3S/c1-17-14(12-8-18-6-5-13(12)16)9-19-11-4-2-3-10(15)7-11/h2-8,14,17H,9H2,1H3,(H2,16,18). The molecule has 2 rings (SSSR count). The second-order valence-corrected chi connectivity index (χ2v) is 5.64. The lowest BCUT2D eigenvalue weighted by Crippen LogP contribution is -2.20. The summed E-state index contributed by atoms with van der Waals surface area (Å²) in [5.74, 6) is 0.868. The van der Waals surface area contributed by atoms with Crippen LogP contribution in [0.3, 0.4) is 0 Å². The summed E-state index contributed by atoms with van der Waals surface area (Å²) in [6.07, 6.45) is 3.52. The van der Waals surface area contributed by atoms with Gasteiger partial charge in [-0.2, -0.15) is 0 Å². The molecule has 0 saturated heterocycles. The van der Waals surface area contributed by atoms with E-state index in [9.17, 15) is 0 Å². The van der Waals surface area contributed by atoms with Crippen LogP contribution in [0, 0.1) is 0 Å². The summed E-state index contributed by atoms with van der Waals surface area (Å²) in [5.41, 5.74) is 7.77. The van der Waals surface area contributed by atoms with Crippen LogP contribution >= 0.6 is 23.4 Å². The predicted molar refractivity (Wildman–Crippen MR) is 82.6 cm³/mol. The summed E-state index contributed by atoms with van der Waals surface area (Å²) in [7, 11) is 1.93. The predicted octanol–water partition coefficient (Wildman–Crippen LogP) is 3.37. The Morgan fingerprint density at radius 1 is 1.42 bits per heavy atom. The second-order valence-electron chi connectivity index (χ2n) is 4.11. The van der Waals surface area contributed by atoms with E-state index < -0.39 is 0 Å². The van der Waals surface area contributed by atoms with Crippen molar-refractivity contribution < 1.29 is 0 Å². The van der Waals surface area contributed by atoms with Gasteiger partial charge in [-0.1, -0.05) is 17.7 Å². The average molecular weight is 294 g/mol. The van der Waals surface area contributed by atoms with Crippen molar-refractivity contribution >= 4 is 29.1 Å². The first-order chi connectivity index (χ1) is 9.20. The van der Waals surface area contributed by atoms with Gasteiger partial charge in [0.25, 0.3) is 0 Å². The number of pyridine rings is 1. The SMILES string of the molecule is CNC(CSc1cccc(Cl)c1)c1cnccc1N. The Labute approximate surface area is 122 Å². The van der Waals surface area contributed by atoms with Crippen LogP contribution in [-0.2, 0) is 0 Å². The lowest BCUT2D eigenvalue weighted by molar-refractivity contribution is 0.661. The van der Waals surface area contributed by atoms with Crippen LogP contribution in [0.2, 0.25) is 5.02 Å². The van der Waals surface area contributed by atoms with E-state index in [1.165, 1.54) is 0 Å². The van der Waals surface area contributed by atoms with Crippen molar-refractivity contribution in [1.82, 2.24) is 10.3 Å². The summed E-state index contributed by atoms with van der Waals surface area (Å²) >= 11 is 7.72. The van der Waals surface area contributed by atoms with Gasteiger partial charge in [0.2, 0.25) is 0 Å².